The standard InChI is InChI=1S/C51H55ClN6O7/c1-30(2)48(53)50(61)55-31(3)49(60)56-36-17-15-32(16-18-36)28-64-43-24-42-47(39-14-6-5-13-38(39)43)35(25-52)27-58(42)46(59)21-33-10-9-11-34(20-33)29-65-45-23-41-40(22-44(45)63-4)51(62)57-19-8-7-12-37(57)26-54-41/h5-6,9-11,13-18,20,22-24,26,30-31,35,37,48H,7-8,12,19,21,25,27-29,53H2,1-4H3,(H,55,61)(H,56,60)/t31?,35-,37+,48?/m1/s1. The number of nitrogens with two attached hydrogens (primary N) is 1. The van der Waals surface area contributed by atoms with Gasteiger partial charge in [-0.15, -0.1) is 11.6 Å². The lowest BCUT2D eigenvalue weighted by molar-refractivity contribution is -0.127. The number of hydrogen-bond donors (Lipinski definition) is 3. The Balaban J connectivity index is 0.944. The number of carbonyl (C=O) groups excluding carboxylic acids is 4. The second-order valence-corrected chi connectivity index (χ2v) is 17.6. The molecule has 3 heterocycles. The number of anilines is 2. The molecule has 4 amide bonds. The van der Waals surface area contributed by atoms with E-state index in [4.69, 9.17) is 36.5 Å². The van der Waals surface area contributed by atoms with Gasteiger partial charge in [-0.05, 0) is 77.9 Å². The van der Waals surface area contributed by atoms with Crippen LogP contribution in [0.4, 0.5) is 17.1 Å². The Bertz CT molecular complexity index is 2630. The molecule has 4 atom stereocenters. The quantitative estimate of drug-likeness (QED) is 0.0889. The average molecular weight is 899 g/mol. The molecule has 5 aromatic carbocycles. The van der Waals surface area contributed by atoms with Crippen LogP contribution in [0.15, 0.2) is 96.0 Å². The second kappa shape index (κ2) is 19.7. The number of nitrogens with zero attached hydrogens (tertiary/aromatic N) is 3. The van der Waals surface area contributed by atoms with Crippen LogP contribution in [0.3, 0.4) is 0 Å². The van der Waals surface area contributed by atoms with Crippen molar-refractivity contribution in [1.82, 2.24) is 10.2 Å². The number of aliphatic imine (C=N–C) groups is 1. The topological polar surface area (TPSA) is 165 Å². The molecule has 13 nitrogen and oxygen atoms in total. The summed E-state index contributed by atoms with van der Waals surface area (Å²) in [6.45, 7) is 6.91. The van der Waals surface area contributed by atoms with E-state index in [1.54, 1.807) is 38.3 Å². The Morgan fingerprint density at radius 2 is 1.58 bits per heavy atom. The minimum atomic E-state index is -0.770. The fourth-order valence-corrected chi connectivity index (χ4v) is 8.97. The van der Waals surface area contributed by atoms with E-state index in [1.165, 1.54) is 0 Å². The van der Waals surface area contributed by atoms with Gasteiger partial charge in [-0.25, -0.2) is 0 Å². The van der Waals surface area contributed by atoms with Crippen LogP contribution >= 0.6 is 11.6 Å². The van der Waals surface area contributed by atoms with Crippen LogP contribution in [-0.2, 0) is 34.0 Å². The number of ether oxygens (including phenoxy) is 3. The fraction of sp³-hybridized carbons (Fsp3) is 0.353. The zero-order valence-corrected chi connectivity index (χ0v) is 37.9. The Morgan fingerprint density at radius 1 is 0.846 bits per heavy atom. The van der Waals surface area contributed by atoms with Crippen LogP contribution in [-0.4, -0.2) is 78.9 Å². The van der Waals surface area contributed by atoms with Crippen molar-refractivity contribution in [2.45, 2.75) is 83.7 Å². The molecule has 0 bridgehead atoms. The summed E-state index contributed by atoms with van der Waals surface area (Å²) in [5.74, 6) is 0.926. The van der Waals surface area contributed by atoms with Gasteiger partial charge in [0.15, 0.2) is 11.5 Å². The molecule has 5 aromatic rings. The third kappa shape index (κ3) is 9.81. The predicted molar refractivity (Wildman–Crippen MR) is 254 cm³/mol. The van der Waals surface area contributed by atoms with E-state index in [2.05, 4.69) is 10.6 Å². The molecule has 8 rings (SSSR count). The summed E-state index contributed by atoms with van der Waals surface area (Å²) in [7, 11) is 1.56. The molecule has 65 heavy (non-hydrogen) atoms. The summed E-state index contributed by atoms with van der Waals surface area (Å²) in [5, 5.41) is 7.41. The van der Waals surface area contributed by atoms with Gasteiger partial charge in [0.2, 0.25) is 17.7 Å². The smallest absolute Gasteiger partial charge is 0.256 e. The predicted octanol–water partition coefficient (Wildman–Crippen LogP) is 8.06. The third-order valence-electron chi connectivity index (χ3n) is 12.5. The first kappa shape index (κ1) is 45.1. The Hall–Kier alpha value is -6.44. The van der Waals surface area contributed by atoms with Gasteiger partial charge in [0, 0.05) is 54.3 Å². The lowest BCUT2D eigenvalue weighted by Crippen LogP contribution is -2.50. The molecule has 0 aliphatic carbocycles. The number of amides is 4. The summed E-state index contributed by atoms with van der Waals surface area (Å²) >= 11 is 6.60. The molecule has 338 valence electrons. The number of piperidine rings is 1. The number of rotatable bonds is 15. The van der Waals surface area contributed by atoms with E-state index >= 15 is 0 Å². The van der Waals surface area contributed by atoms with Crippen LogP contribution in [0, 0.1) is 5.92 Å². The SMILES string of the molecule is COc1cc2c(cc1OCc1cccc(CC(=O)N3C[C@@H](CCl)c4c3cc(OCc3ccc(NC(=O)C(C)NC(=O)C(N)C(C)C)cc3)c3ccccc43)c1)N=C[C@@H]1CCCCN1C2=O. The normalized spacial score (nSPS) is 17.4. The summed E-state index contributed by atoms with van der Waals surface area (Å²) in [6.07, 6.45) is 4.96. The number of nitrogens with one attached hydrogen (secondary N) is 2. The average Bonchev–Trinajstić information content (AvgIpc) is 3.64. The van der Waals surface area contributed by atoms with E-state index in [1.807, 2.05) is 96.6 Å². The maximum absolute atomic E-state index is 14.3. The minimum absolute atomic E-state index is 0.0117. The molecule has 14 heteroatoms. The number of halogens is 1. The van der Waals surface area contributed by atoms with Crippen LogP contribution < -0.4 is 35.5 Å². The summed E-state index contributed by atoms with van der Waals surface area (Å²) in [6, 6.07) is 27.0. The molecule has 0 saturated carbocycles. The lowest BCUT2D eigenvalue weighted by atomic mass is 9.95. The van der Waals surface area contributed by atoms with Gasteiger partial charge in [0.05, 0.1) is 42.6 Å². The molecule has 0 radical (unpaired) electrons. The van der Waals surface area contributed by atoms with Crippen molar-refractivity contribution < 1.29 is 33.4 Å². The number of carbonyl (C=O) groups is 4. The van der Waals surface area contributed by atoms with Gasteiger partial charge in [0.1, 0.15) is 25.0 Å². The molecule has 3 aliphatic rings. The fourth-order valence-electron chi connectivity index (χ4n) is 8.71. The minimum Gasteiger partial charge on any atom is -0.493 e. The molecule has 2 unspecified atom stereocenters. The van der Waals surface area contributed by atoms with Crippen LogP contribution in [0.25, 0.3) is 10.8 Å². The molecule has 1 saturated heterocycles. The van der Waals surface area contributed by atoms with Crippen molar-refractivity contribution in [3.8, 4) is 17.2 Å². The number of benzene rings is 5. The van der Waals surface area contributed by atoms with Gasteiger partial charge in [0.25, 0.3) is 5.91 Å². The highest BCUT2D eigenvalue weighted by molar-refractivity contribution is 6.19. The highest BCUT2D eigenvalue weighted by Gasteiger charge is 2.35. The van der Waals surface area contributed by atoms with Crippen LogP contribution in [0.1, 0.15) is 78.6 Å². The first-order valence-electron chi connectivity index (χ1n) is 22.2. The van der Waals surface area contributed by atoms with Gasteiger partial charge in [-0.1, -0.05) is 74.5 Å². The summed E-state index contributed by atoms with van der Waals surface area (Å²) < 4.78 is 18.5. The number of alkyl halides is 1. The van der Waals surface area contributed by atoms with E-state index in [0.29, 0.717) is 53.2 Å². The van der Waals surface area contributed by atoms with E-state index in [0.717, 1.165) is 58.0 Å². The molecular weight excluding hydrogens is 844 g/mol. The monoisotopic (exact) mass is 898 g/mol. The first-order valence-corrected chi connectivity index (χ1v) is 22.7. The maximum atomic E-state index is 14.3. The Morgan fingerprint density at radius 3 is 2.34 bits per heavy atom. The van der Waals surface area contributed by atoms with Crippen molar-refractivity contribution in [3.63, 3.8) is 0 Å². The van der Waals surface area contributed by atoms with Gasteiger partial charge >= 0.3 is 0 Å². The van der Waals surface area contributed by atoms with Crippen molar-refractivity contribution in [2.75, 3.05) is 36.3 Å². The highest BCUT2D eigenvalue weighted by atomic mass is 35.5. The summed E-state index contributed by atoms with van der Waals surface area (Å²) in [4.78, 5) is 61.4. The van der Waals surface area contributed by atoms with Crippen molar-refractivity contribution in [3.05, 3.63) is 119 Å². The van der Waals surface area contributed by atoms with Gasteiger partial charge < -0.3 is 40.4 Å². The van der Waals surface area contributed by atoms with Gasteiger partial charge in [-0.3, -0.25) is 24.2 Å². The van der Waals surface area contributed by atoms with Gasteiger partial charge in [-0.2, -0.15) is 0 Å². The highest BCUT2D eigenvalue weighted by Crippen LogP contribution is 2.46. The largest absolute Gasteiger partial charge is 0.493 e. The summed E-state index contributed by atoms with van der Waals surface area (Å²) in [5.41, 5.74) is 11.9. The van der Waals surface area contributed by atoms with E-state index in [9.17, 15) is 19.2 Å². The third-order valence-corrected chi connectivity index (χ3v) is 12.8. The molecule has 3 aliphatic heterocycles. The molecule has 0 aromatic heterocycles. The Labute approximate surface area is 384 Å². The number of hydrogen-bond acceptors (Lipinski definition) is 9. The first-order chi connectivity index (χ1) is 31.4. The van der Waals surface area contributed by atoms with Crippen LogP contribution in [0.2, 0.25) is 0 Å². The lowest BCUT2D eigenvalue weighted by Gasteiger charge is -2.32. The van der Waals surface area contributed by atoms with Crippen molar-refractivity contribution in [1.29, 1.82) is 0 Å². The van der Waals surface area contributed by atoms with Crippen molar-refractivity contribution in [2.24, 2.45) is 16.6 Å². The maximum Gasteiger partial charge on any atom is 0.256 e. The second-order valence-electron chi connectivity index (χ2n) is 17.3. The van der Waals surface area contributed by atoms with Crippen molar-refractivity contribution >= 4 is 69.3 Å². The van der Waals surface area contributed by atoms with E-state index in [-0.39, 0.29) is 61.1 Å². The molecule has 0 spiro atoms. The molecular formula is C51H55ClN6O7. The zero-order chi connectivity index (χ0) is 45.8. The molecule has 1 fully saturated rings. The van der Waals surface area contributed by atoms with E-state index < -0.39 is 12.1 Å². The Kier molecular flexibility index (Phi) is 13.7. The number of fused-ring (bicyclic) bond motifs is 5. The zero-order valence-electron chi connectivity index (χ0n) is 37.1. The molecule has 4 N–H and O–H groups in total. The van der Waals surface area contributed by atoms with Crippen LogP contribution in [0.5, 0.6) is 17.2 Å². The number of methoxy groups -OCH3 is 1.